The van der Waals surface area contributed by atoms with Gasteiger partial charge in [-0.2, -0.15) is 0 Å². The number of hydrogen-bond donors (Lipinski definition) is 2. The number of ether oxygens (including phenoxy) is 1. The zero-order chi connectivity index (χ0) is 19.9. The number of rotatable bonds is 9. The minimum Gasteiger partial charge on any atom is -0.496 e. The normalized spacial score (nSPS) is 13.0. The number of para-hydroxylation sites is 1. The third kappa shape index (κ3) is 6.06. The van der Waals surface area contributed by atoms with Crippen molar-refractivity contribution in [1.82, 2.24) is 10.2 Å². The maximum Gasteiger partial charge on any atom is 0.257 e. The van der Waals surface area contributed by atoms with Crippen molar-refractivity contribution in [2.24, 2.45) is 17.6 Å². The maximum atomic E-state index is 12.6. The monoisotopic (exact) mass is 363 g/mol. The average molecular weight is 363 g/mol. The van der Waals surface area contributed by atoms with Gasteiger partial charge in [-0.3, -0.25) is 14.4 Å². The Morgan fingerprint density at radius 2 is 1.81 bits per heavy atom. The van der Waals surface area contributed by atoms with Crippen molar-refractivity contribution in [2.45, 2.75) is 33.2 Å². The number of nitrogens with zero attached hydrogens (tertiary/aromatic N) is 1. The van der Waals surface area contributed by atoms with Gasteiger partial charge in [0.05, 0.1) is 12.7 Å². The molecule has 3 N–H and O–H groups in total. The molecule has 0 spiro atoms. The average Bonchev–Trinajstić information content (AvgIpc) is 2.58. The number of hydrogen-bond acceptors (Lipinski definition) is 4. The third-order valence-corrected chi connectivity index (χ3v) is 3.99. The summed E-state index contributed by atoms with van der Waals surface area (Å²) in [5.74, 6) is -1.46. The second-order valence-electron chi connectivity index (χ2n) is 6.88. The van der Waals surface area contributed by atoms with Crippen molar-refractivity contribution in [3.8, 4) is 5.75 Å². The van der Waals surface area contributed by atoms with E-state index in [2.05, 4.69) is 5.32 Å². The molecule has 0 saturated heterocycles. The van der Waals surface area contributed by atoms with E-state index in [1.54, 1.807) is 38.2 Å². The molecule has 7 nitrogen and oxygen atoms in total. The van der Waals surface area contributed by atoms with Crippen molar-refractivity contribution >= 4 is 17.7 Å². The molecule has 1 rings (SSSR count). The summed E-state index contributed by atoms with van der Waals surface area (Å²) < 4.78 is 5.21. The molecule has 3 amide bonds. The van der Waals surface area contributed by atoms with Crippen LogP contribution in [0.2, 0.25) is 0 Å². The standard InChI is InChI=1S/C19H29N3O4/c1-12(2)10-15(17(20)23)18(24)21-13(3)11-22(4)19(25)14-8-6-7-9-16(14)26-5/h6-9,12-13,15H,10-11H2,1-5H3,(H2,20,23)(H,21,24). The third-order valence-electron chi connectivity index (χ3n) is 3.99. The molecule has 0 radical (unpaired) electrons. The van der Waals surface area contributed by atoms with Gasteiger partial charge in [-0.25, -0.2) is 0 Å². The first-order valence-corrected chi connectivity index (χ1v) is 8.65. The van der Waals surface area contributed by atoms with Crippen LogP contribution in [-0.4, -0.2) is 49.4 Å². The molecule has 2 atom stereocenters. The van der Waals surface area contributed by atoms with Crippen molar-refractivity contribution in [1.29, 1.82) is 0 Å². The fraction of sp³-hybridized carbons (Fsp3) is 0.526. The molecular formula is C19H29N3O4. The van der Waals surface area contributed by atoms with Gasteiger partial charge in [-0.05, 0) is 31.4 Å². The second-order valence-corrected chi connectivity index (χ2v) is 6.88. The molecule has 0 aliphatic rings. The lowest BCUT2D eigenvalue weighted by molar-refractivity contribution is -0.134. The van der Waals surface area contributed by atoms with Gasteiger partial charge < -0.3 is 20.7 Å². The number of amides is 3. The smallest absolute Gasteiger partial charge is 0.257 e. The molecule has 0 fully saturated rings. The Morgan fingerprint density at radius 1 is 1.19 bits per heavy atom. The quantitative estimate of drug-likeness (QED) is 0.648. The topological polar surface area (TPSA) is 102 Å². The highest BCUT2D eigenvalue weighted by molar-refractivity contribution is 5.99. The van der Waals surface area contributed by atoms with Gasteiger partial charge in [0.1, 0.15) is 11.7 Å². The Hall–Kier alpha value is -2.57. The number of primary amides is 1. The van der Waals surface area contributed by atoms with Crippen LogP contribution >= 0.6 is 0 Å². The van der Waals surface area contributed by atoms with E-state index in [1.165, 1.54) is 12.0 Å². The molecule has 7 heteroatoms. The number of nitrogens with two attached hydrogens (primary N) is 1. The predicted octanol–water partition coefficient (Wildman–Crippen LogP) is 1.42. The summed E-state index contributed by atoms with van der Waals surface area (Å²) in [6.07, 6.45) is 0.393. The zero-order valence-electron chi connectivity index (χ0n) is 16.1. The number of nitrogens with one attached hydrogen (secondary N) is 1. The Kier molecular flexibility index (Phi) is 8.09. The molecular weight excluding hydrogens is 334 g/mol. The summed E-state index contributed by atoms with van der Waals surface area (Å²) in [6.45, 7) is 5.91. The number of methoxy groups -OCH3 is 1. The van der Waals surface area contributed by atoms with Gasteiger partial charge >= 0.3 is 0 Å². The van der Waals surface area contributed by atoms with E-state index >= 15 is 0 Å². The fourth-order valence-electron chi connectivity index (χ4n) is 2.73. The van der Waals surface area contributed by atoms with Crippen LogP contribution in [0.15, 0.2) is 24.3 Å². The molecule has 0 aromatic heterocycles. The van der Waals surface area contributed by atoms with Crippen LogP contribution in [0.1, 0.15) is 37.6 Å². The van der Waals surface area contributed by atoms with Crippen LogP contribution in [0, 0.1) is 11.8 Å². The van der Waals surface area contributed by atoms with Gasteiger partial charge in [0, 0.05) is 19.6 Å². The van der Waals surface area contributed by atoms with E-state index in [1.807, 2.05) is 13.8 Å². The molecule has 1 aromatic rings. The first-order chi connectivity index (χ1) is 12.2. The Labute approximate surface area is 154 Å². The summed E-state index contributed by atoms with van der Waals surface area (Å²) >= 11 is 0. The molecule has 0 heterocycles. The fourth-order valence-corrected chi connectivity index (χ4v) is 2.73. The molecule has 1 aromatic carbocycles. The van der Waals surface area contributed by atoms with Crippen LogP contribution in [0.25, 0.3) is 0 Å². The van der Waals surface area contributed by atoms with E-state index in [0.29, 0.717) is 17.7 Å². The summed E-state index contributed by atoms with van der Waals surface area (Å²) in [5.41, 5.74) is 5.79. The van der Waals surface area contributed by atoms with Crippen molar-refractivity contribution in [3.05, 3.63) is 29.8 Å². The predicted molar refractivity (Wildman–Crippen MR) is 99.7 cm³/mol. The molecule has 26 heavy (non-hydrogen) atoms. The lowest BCUT2D eigenvalue weighted by Gasteiger charge is -2.25. The van der Waals surface area contributed by atoms with Crippen molar-refractivity contribution in [2.75, 3.05) is 20.7 Å². The lowest BCUT2D eigenvalue weighted by Crippen LogP contribution is -2.47. The molecule has 0 saturated carbocycles. The molecule has 2 unspecified atom stereocenters. The van der Waals surface area contributed by atoms with E-state index in [0.717, 1.165) is 0 Å². The van der Waals surface area contributed by atoms with E-state index in [-0.39, 0.29) is 24.4 Å². The highest BCUT2D eigenvalue weighted by atomic mass is 16.5. The summed E-state index contributed by atoms with van der Waals surface area (Å²) in [5, 5.41) is 2.77. The van der Waals surface area contributed by atoms with Crippen LogP contribution in [0.3, 0.4) is 0 Å². The van der Waals surface area contributed by atoms with Crippen molar-refractivity contribution < 1.29 is 19.1 Å². The summed E-state index contributed by atoms with van der Waals surface area (Å²) in [4.78, 5) is 37.9. The first-order valence-electron chi connectivity index (χ1n) is 8.65. The Morgan fingerprint density at radius 3 is 2.35 bits per heavy atom. The molecule has 0 aliphatic carbocycles. The summed E-state index contributed by atoms with van der Waals surface area (Å²) in [7, 11) is 3.16. The van der Waals surface area contributed by atoms with E-state index < -0.39 is 17.7 Å². The molecule has 0 bridgehead atoms. The second kappa shape index (κ2) is 9.79. The van der Waals surface area contributed by atoms with Crippen LogP contribution in [0.4, 0.5) is 0 Å². The van der Waals surface area contributed by atoms with E-state index in [9.17, 15) is 14.4 Å². The van der Waals surface area contributed by atoms with Gasteiger partial charge in [0.15, 0.2) is 0 Å². The zero-order valence-corrected chi connectivity index (χ0v) is 16.1. The Balaban J connectivity index is 2.71. The van der Waals surface area contributed by atoms with Gasteiger partial charge in [-0.1, -0.05) is 26.0 Å². The minimum atomic E-state index is -0.868. The van der Waals surface area contributed by atoms with Gasteiger partial charge in [-0.15, -0.1) is 0 Å². The molecule has 144 valence electrons. The lowest BCUT2D eigenvalue weighted by atomic mass is 9.95. The Bertz CT molecular complexity index is 645. The largest absolute Gasteiger partial charge is 0.496 e. The van der Waals surface area contributed by atoms with E-state index in [4.69, 9.17) is 10.5 Å². The highest BCUT2D eigenvalue weighted by Crippen LogP contribution is 2.19. The minimum absolute atomic E-state index is 0.170. The van der Waals surface area contributed by atoms with Crippen LogP contribution in [-0.2, 0) is 9.59 Å². The van der Waals surface area contributed by atoms with Gasteiger partial charge in [0.25, 0.3) is 5.91 Å². The van der Waals surface area contributed by atoms with Crippen LogP contribution in [0.5, 0.6) is 5.75 Å². The summed E-state index contributed by atoms with van der Waals surface area (Å²) in [6, 6.07) is 6.62. The molecule has 0 aliphatic heterocycles. The number of likely N-dealkylation sites (N-methyl/N-ethyl adjacent to an activating group) is 1. The number of carbonyl (C=O) groups is 3. The highest BCUT2D eigenvalue weighted by Gasteiger charge is 2.27. The van der Waals surface area contributed by atoms with Gasteiger partial charge in [0.2, 0.25) is 11.8 Å². The number of carbonyl (C=O) groups excluding carboxylic acids is 3. The maximum absolute atomic E-state index is 12.6. The first kappa shape index (κ1) is 21.5. The van der Waals surface area contributed by atoms with Crippen molar-refractivity contribution in [3.63, 3.8) is 0 Å². The SMILES string of the molecule is COc1ccccc1C(=O)N(C)CC(C)NC(=O)C(CC(C)C)C(N)=O. The number of benzene rings is 1. The van der Waals surface area contributed by atoms with Crippen LogP contribution < -0.4 is 15.8 Å².